The Morgan fingerprint density at radius 2 is 1.90 bits per heavy atom. The number of thioether (sulfide) groups is 1. The second-order valence-electron chi connectivity index (χ2n) is 4.85. The average molecular weight is 306 g/mol. The first-order valence-corrected chi connectivity index (χ1v) is 9.04. The Kier molecular flexibility index (Phi) is 14.9. The van der Waals surface area contributed by atoms with Crippen LogP contribution in [0.4, 0.5) is 0 Å². The molecule has 0 bridgehead atoms. The third-order valence-corrected chi connectivity index (χ3v) is 3.55. The first-order chi connectivity index (χ1) is 9.70. The number of carbonyl (C=O) groups excluding carboxylic acids is 1. The van der Waals surface area contributed by atoms with E-state index in [2.05, 4.69) is 6.26 Å². The van der Waals surface area contributed by atoms with E-state index in [4.69, 9.17) is 9.47 Å². The standard InChI is InChI=1S/C15H30O4S/c1-3-11-18-14(16)9-6-4-5-7-10-15(17)19-12-8-13-20-2/h15,17H,3-13H2,1-2H3. The zero-order valence-electron chi connectivity index (χ0n) is 12.9. The summed E-state index contributed by atoms with van der Waals surface area (Å²) in [4.78, 5) is 11.2. The topological polar surface area (TPSA) is 55.8 Å². The van der Waals surface area contributed by atoms with Gasteiger partial charge in [-0.15, -0.1) is 0 Å². The SMILES string of the molecule is CCCOC(=O)CCCCCCC(O)OCCCSC. The van der Waals surface area contributed by atoms with Crippen molar-refractivity contribution < 1.29 is 19.4 Å². The minimum absolute atomic E-state index is 0.0935. The van der Waals surface area contributed by atoms with Gasteiger partial charge in [-0.05, 0) is 44.1 Å². The fraction of sp³-hybridized carbons (Fsp3) is 0.933. The van der Waals surface area contributed by atoms with Gasteiger partial charge in [0.1, 0.15) is 0 Å². The molecule has 0 radical (unpaired) electrons. The van der Waals surface area contributed by atoms with Gasteiger partial charge in [0.25, 0.3) is 0 Å². The van der Waals surface area contributed by atoms with Crippen LogP contribution in [0.3, 0.4) is 0 Å². The van der Waals surface area contributed by atoms with Gasteiger partial charge < -0.3 is 14.6 Å². The molecule has 0 heterocycles. The minimum atomic E-state index is -0.633. The van der Waals surface area contributed by atoms with E-state index in [9.17, 15) is 9.90 Å². The van der Waals surface area contributed by atoms with Crippen molar-refractivity contribution in [2.75, 3.05) is 25.2 Å². The van der Waals surface area contributed by atoms with Crippen LogP contribution in [0.5, 0.6) is 0 Å². The lowest BCUT2D eigenvalue weighted by molar-refractivity contribution is -0.143. The molecule has 20 heavy (non-hydrogen) atoms. The first-order valence-electron chi connectivity index (χ1n) is 7.65. The van der Waals surface area contributed by atoms with E-state index in [0.717, 1.165) is 44.3 Å². The molecule has 0 aromatic carbocycles. The van der Waals surface area contributed by atoms with Crippen LogP contribution >= 0.6 is 11.8 Å². The highest BCUT2D eigenvalue weighted by molar-refractivity contribution is 7.98. The number of hydrogen-bond donors (Lipinski definition) is 1. The van der Waals surface area contributed by atoms with Crippen molar-refractivity contribution >= 4 is 17.7 Å². The summed E-state index contributed by atoms with van der Waals surface area (Å²) in [5.41, 5.74) is 0. The fourth-order valence-electron chi connectivity index (χ4n) is 1.74. The molecular weight excluding hydrogens is 276 g/mol. The van der Waals surface area contributed by atoms with Gasteiger partial charge in [0.15, 0.2) is 6.29 Å². The molecule has 5 heteroatoms. The van der Waals surface area contributed by atoms with Crippen LogP contribution in [0, 0.1) is 0 Å². The number of hydrogen-bond acceptors (Lipinski definition) is 5. The smallest absolute Gasteiger partial charge is 0.305 e. The molecule has 1 unspecified atom stereocenters. The molecule has 0 saturated carbocycles. The largest absolute Gasteiger partial charge is 0.466 e. The van der Waals surface area contributed by atoms with E-state index < -0.39 is 6.29 Å². The van der Waals surface area contributed by atoms with E-state index in [1.807, 2.05) is 6.92 Å². The summed E-state index contributed by atoms with van der Waals surface area (Å²) < 4.78 is 10.3. The van der Waals surface area contributed by atoms with Crippen LogP contribution in [0.1, 0.15) is 58.3 Å². The lowest BCUT2D eigenvalue weighted by Gasteiger charge is -2.11. The Morgan fingerprint density at radius 3 is 2.60 bits per heavy atom. The monoisotopic (exact) mass is 306 g/mol. The number of rotatable bonds is 14. The molecule has 0 aliphatic carbocycles. The molecule has 0 aromatic heterocycles. The second kappa shape index (κ2) is 15.1. The average Bonchev–Trinajstić information content (AvgIpc) is 2.45. The minimum Gasteiger partial charge on any atom is -0.466 e. The predicted molar refractivity (Wildman–Crippen MR) is 83.9 cm³/mol. The van der Waals surface area contributed by atoms with Crippen LogP contribution in [-0.4, -0.2) is 42.6 Å². The number of aliphatic hydroxyl groups is 1. The Hall–Kier alpha value is -0.260. The van der Waals surface area contributed by atoms with Gasteiger partial charge in [-0.2, -0.15) is 11.8 Å². The van der Waals surface area contributed by atoms with Gasteiger partial charge >= 0.3 is 5.97 Å². The molecular formula is C15H30O4S. The lowest BCUT2D eigenvalue weighted by Crippen LogP contribution is -2.13. The zero-order valence-corrected chi connectivity index (χ0v) is 13.8. The maximum Gasteiger partial charge on any atom is 0.305 e. The van der Waals surface area contributed by atoms with Crippen molar-refractivity contribution in [3.8, 4) is 0 Å². The first kappa shape index (κ1) is 19.7. The van der Waals surface area contributed by atoms with E-state index in [0.29, 0.717) is 26.1 Å². The zero-order chi connectivity index (χ0) is 15.1. The van der Waals surface area contributed by atoms with Crippen molar-refractivity contribution in [1.82, 2.24) is 0 Å². The van der Waals surface area contributed by atoms with Crippen molar-refractivity contribution in [3.05, 3.63) is 0 Å². The molecule has 0 aliphatic heterocycles. The van der Waals surface area contributed by atoms with Crippen molar-refractivity contribution in [2.45, 2.75) is 64.6 Å². The Balaban J connectivity index is 3.24. The highest BCUT2D eigenvalue weighted by atomic mass is 32.2. The van der Waals surface area contributed by atoms with Gasteiger partial charge in [0, 0.05) is 6.42 Å². The third-order valence-electron chi connectivity index (χ3n) is 2.85. The van der Waals surface area contributed by atoms with E-state index >= 15 is 0 Å². The number of unbranched alkanes of at least 4 members (excludes halogenated alkanes) is 3. The maximum atomic E-state index is 11.2. The Labute approximate surface area is 127 Å². The lowest BCUT2D eigenvalue weighted by atomic mass is 10.1. The van der Waals surface area contributed by atoms with E-state index in [1.54, 1.807) is 11.8 Å². The van der Waals surface area contributed by atoms with Crippen molar-refractivity contribution in [2.24, 2.45) is 0 Å². The molecule has 0 saturated heterocycles. The summed E-state index contributed by atoms with van der Waals surface area (Å²) in [6.07, 6.45) is 8.31. The molecule has 4 nitrogen and oxygen atoms in total. The normalized spacial score (nSPS) is 12.3. The number of esters is 1. The van der Waals surface area contributed by atoms with Crippen molar-refractivity contribution in [1.29, 1.82) is 0 Å². The predicted octanol–water partition coefficient (Wildman–Crippen LogP) is 3.37. The van der Waals surface area contributed by atoms with Gasteiger partial charge in [0.2, 0.25) is 0 Å². The van der Waals surface area contributed by atoms with Gasteiger partial charge in [-0.1, -0.05) is 19.8 Å². The van der Waals surface area contributed by atoms with Crippen LogP contribution in [0.2, 0.25) is 0 Å². The maximum absolute atomic E-state index is 11.2. The van der Waals surface area contributed by atoms with Crippen molar-refractivity contribution in [3.63, 3.8) is 0 Å². The molecule has 0 rings (SSSR count). The Morgan fingerprint density at radius 1 is 1.15 bits per heavy atom. The third kappa shape index (κ3) is 14.2. The molecule has 0 fully saturated rings. The summed E-state index contributed by atoms with van der Waals surface area (Å²) in [5.74, 6) is 0.977. The number of ether oxygens (including phenoxy) is 2. The number of aliphatic hydroxyl groups excluding tert-OH is 1. The number of carbonyl (C=O) groups is 1. The molecule has 1 atom stereocenters. The van der Waals surface area contributed by atoms with Crippen LogP contribution in [-0.2, 0) is 14.3 Å². The fourth-order valence-corrected chi connectivity index (χ4v) is 2.14. The summed E-state index contributed by atoms with van der Waals surface area (Å²) >= 11 is 1.79. The summed E-state index contributed by atoms with van der Waals surface area (Å²) in [6.45, 7) is 3.14. The summed E-state index contributed by atoms with van der Waals surface area (Å²) in [5, 5.41) is 9.59. The summed E-state index contributed by atoms with van der Waals surface area (Å²) in [7, 11) is 0. The van der Waals surface area contributed by atoms with Gasteiger partial charge in [-0.3, -0.25) is 4.79 Å². The Bertz CT molecular complexity index is 224. The molecule has 0 aromatic rings. The molecule has 120 valence electrons. The van der Waals surface area contributed by atoms with E-state index in [-0.39, 0.29) is 5.97 Å². The molecule has 1 N–H and O–H groups in total. The van der Waals surface area contributed by atoms with Crippen LogP contribution in [0.25, 0.3) is 0 Å². The molecule has 0 amide bonds. The molecule has 0 spiro atoms. The van der Waals surface area contributed by atoms with Crippen LogP contribution < -0.4 is 0 Å². The van der Waals surface area contributed by atoms with Crippen LogP contribution in [0.15, 0.2) is 0 Å². The highest BCUT2D eigenvalue weighted by Crippen LogP contribution is 2.09. The van der Waals surface area contributed by atoms with Gasteiger partial charge in [-0.25, -0.2) is 0 Å². The summed E-state index contributed by atoms with van der Waals surface area (Å²) in [6, 6.07) is 0. The highest BCUT2D eigenvalue weighted by Gasteiger charge is 2.04. The van der Waals surface area contributed by atoms with E-state index in [1.165, 1.54) is 0 Å². The quantitative estimate of drug-likeness (QED) is 0.303. The second-order valence-corrected chi connectivity index (χ2v) is 5.83. The van der Waals surface area contributed by atoms with Gasteiger partial charge in [0.05, 0.1) is 13.2 Å². The molecule has 0 aliphatic rings.